The van der Waals surface area contributed by atoms with Crippen molar-refractivity contribution < 1.29 is 44.3 Å². The van der Waals surface area contributed by atoms with E-state index in [1.807, 2.05) is 20.8 Å². The van der Waals surface area contributed by atoms with E-state index in [0.717, 1.165) is 0 Å². The average molecular weight is 546 g/mol. The van der Waals surface area contributed by atoms with Crippen molar-refractivity contribution >= 4 is 34.9 Å². The molecule has 0 bridgehead atoms. The Morgan fingerprint density at radius 2 is 1.85 bits per heavy atom. The largest absolute Gasteiger partial charge is 0.508 e. The number of nitrogens with one attached hydrogen (secondary N) is 1. The van der Waals surface area contributed by atoms with Gasteiger partial charge < -0.3 is 35.8 Å². The molecule has 3 aliphatic rings. The number of benzene rings is 1. The van der Waals surface area contributed by atoms with Gasteiger partial charge in [0.25, 0.3) is 0 Å². The SMILES string of the molecule is CN(C)c1cc(NC(=O)OCC(C)(C)C)c(O)c2c1C[C@H]1C[C@H]3CC(O)C(C(N)=O)C(=O)[C@@]3(O)C(O)=C1C2=O. The van der Waals surface area contributed by atoms with Gasteiger partial charge in [-0.1, -0.05) is 20.8 Å². The number of fused-ring (bicyclic) bond motifs is 3. The van der Waals surface area contributed by atoms with Gasteiger partial charge in [-0.2, -0.15) is 0 Å². The van der Waals surface area contributed by atoms with Crippen LogP contribution in [0.15, 0.2) is 17.4 Å². The molecule has 0 spiro atoms. The maximum atomic E-state index is 13.9. The van der Waals surface area contributed by atoms with Gasteiger partial charge in [0, 0.05) is 31.3 Å². The fourth-order valence-electron chi connectivity index (χ4n) is 5.90. The molecule has 0 aromatic heterocycles. The van der Waals surface area contributed by atoms with Crippen molar-refractivity contribution in [3.8, 4) is 5.75 Å². The Hall–Kier alpha value is -3.64. The molecule has 12 nitrogen and oxygen atoms in total. The highest BCUT2D eigenvalue weighted by Gasteiger charge is 2.62. The summed E-state index contributed by atoms with van der Waals surface area (Å²) in [4.78, 5) is 53.0. The second kappa shape index (κ2) is 9.53. The van der Waals surface area contributed by atoms with Gasteiger partial charge in [-0.05, 0) is 42.2 Å². The topological polar surface area (TPSA) is 200 Å². The Kier molecular flexibility index (Phi) is 6.93. The van der Waals surface area contributed by atoms with Gasteiger partial charge in [0.15, 0.2) is 22.9 Å². The van der Waals surface area contributed by atoms with E-state index < -0.39 is 64.5 Å². The maximum Gasteiger partial charge on any atom is 0.411 e. The number of nitrogens with two attached hydrogens (primary N) is 1. The number of allylic oxidation sites excluding steroid dienone is 1. The Morgan fingerprint density at radius 3 is 2.41 bits per heavy atom. The van der Waals surface area contributed by atoms with Crippen LogP contribution in [-0.2, 0) is 20.7 Å². The zero-order valence-electron chi connectivity index (χ0n) is 22.6. The van der Waals surface area contributed by atoms with Crippen LogP contribution in [0.5, 0.6) is 5.75 Å². The minimum Gasteiger partial charge on any atom is -0.508 e. The lowest BCUT2D eigenvalue weighted by molar-refractivity contribution is -0.167. The third-order valence-electron chi connectivity index (χ3n) is 7.72. The Labute approximate surface area is 225 Å². The van der Waals surface area contributed by atoms with E-state index in [2.05, 4.69) is 5.32 Å². The molecule has 1 saturated carbocycles. The number of ketones is 2. The fraction of sp³-hybridized carbons (Fsp3) is 0.556. The van der Waals surface area contributed by atoms with Crippen molar-refractivity contribution in [1.29, 1.82) is 0 Å². The predicted octanol–water partition coefficient (Wildman–Crippen LogP) is 1.41. The number of Topliss-reactive ketones (excluding diaryl/α,β-unsaturated/α-hetero) is 2. The molecule has 1 fully saturated rings. The molecular weight excluding hydrogens is 510 g/mol. The standard InChI is InChI=1S/C27H35N3O9/c1-26(2,3)10-39-25(37)29-14-9-15(30(4)5)13-7-11-6-12-8-16(31)19(24(28)36)23(35)27(12,38)22(34)17(11)21(33)18(13)20(14)32/h9,11-12,16,19,31-32,34,38H,6-8,10H2,1-5H3,(H2,28,36)(H,29,37)/t11-,12+,16?,19?,27+/m1/s1. The number of primary amides is 1. The van der Waals surface area contributed by atoms with Crippen LogP contribution in [0, 0.1) is 23.2 Å². The highest BCUT2D eigenvalue weighted by Crippen LogP contribution is 2.53. The van der Waals surface area contributed by atoms with Gasteiger partial charge >= 0.3 is 6.09 Å². The van der Waals surface area contributed by atoms with Crippen molar-refractivity contribution in [2.24, 2.45) is 28.9 Å². The van der Waals surface area contributed by atoms with Crippen molar-refractivity contribution in [3.63, 3.8) is 0 Å². The average Bonchev–Trinajstić information content (AvgIpc) is 2.80. The Morgan fingerprint density at radius 1 is 1.21 bits per heavy atom. The van der Waals surface area contributed by atoms with E-state index in [-0.39, 0.29) is 48.1 Å². The van der Waals surface area contributed by atoms with Crippen molar-refractivity contribution in [2.45, 2.75) is 51.7 Å². The number of aromatic hydroxyl groups is 1. The van der Waals surface area contributed by atoms with Crippen molar-refractivity contribution in [3.05, 3.63) is 28.5 Å². The number of nitrogens with zero attached hydrogens (tertiary/aromatic N) is 1. The number of rotatable bonds is 4. The molecule has 39 heavy (non-hydrogen) atoms. The van der Waals surface area contributed by atoms with E-state index in [4.69, 9.17) is 10.5 Å². The number of aliphatic hydroxyl groups excluding tert-OH is 2. The molecule has 212 valence electrons. The molecule has 5 atom stereocenters. The first-order chi connectivity index (χ1) is 18.0. The zero-order chi connectivity index (χ0) is 29.2. The minimum atomic E-state index is -2.59. The van der Waals surface area contributed by atoms with Crippen LogP contribution in [0.2, 0.25) is 0 Å². The summed E-state index contributed by atoms with van der Waals surface area (Å²) in [5.74, 6) is -7.97. The third kappa shape index (κ3) is 4.61. The first-order valence-corrected chi connectivity index (χ1v) is 12.7. The highest BCUT2D eigenvalue weighted by atomic mass is 16.5. The number of anilines is 2. The molecule has 3 aliphatic carbocycles. The third-order valence-corrected chi connectivity index (χ3v) is 7.72. The van der Waals surface area contributed by atoms with Crippen molar-refractivity contribution in [2.75, 3.05) is 30.9 Å². The summed E-state index contributed by atoms with van der Waals surface area (Å²) in [5.41, 5.74) is 2.82. The lowest BCUT2D eigenvalue weighted by atomic mass is 9.58. The molecular formula is C27H35N3O9. The summed E-state index contributed by atoms with van der Waals surface area (Å²) >= 11 is 0. The molecule has 1 aromatic carbocycles. The van der Waals surface area contributed by atoms with E-state index in [1.54, 1.807) is 19.0 Å². The van der Waals surface area contributed by atoms with Crippen molar-refractivity contribution in [1.82, 2.24) is 0 Å². The van der Waals surface area contributed by atoms with Gasteiger partial charge in [-0.15, -0.1) is 0 Å². The Bertz CT molecular complexity index is 1300. The molecule has 0 aliphatic heterocycles. The summed E-state index contributed by atoms with van der Waals surface area (Å²) in [5, 5.41) is 46.6. The number of carbonyl (C=O) groups is 4. The van der Waals surface area contributed by atoms with Crippen LogP contribution in [0.4, 0.5) is 16.2 Å². The van der Waals surface area contributed by atoms with E-state index in [1.165, 1.54) is 6.07 Å². The molecule has 0 saturated heterocycles. The van der Waals surface area contributed by atoms with Crippen LogP contribution in [0.25, 0.3) is 0 Å². The van der Waals surface area contributed by atoms with E-state index in [9.17, 15) is 39.6 Å². The van der Waals surface area contributed by atoms with E-state index >= 15 is 0 Å². The second-order valence-electron chi connectivity index (χ2n) is 12.0. The monoisotopic (exact) mass is 545 g/mol. The fourth-order valence-corrected chi connectivity index (χ4v) is 5.90. The normalized spacial score (nSPS) is 28.3. The smallest absolute Gasteiger partial charge is 0.411 e. The first-order valence-electron chi connectivity index (χ1n) is 12.7. The van der Waals surface area contributed by atoms with Crippen LogP contribution in [0.3, 0.4) is 0 Å². The number of amides is 2. The van der Waals surface area contributed by atoms with Crippen LogP contribution < -0.4 is 16.0 Å². The number of hydrogen-bond acceptors (Lipinski definition) is 10. The number of ether oxygens (including phenoxy) is 1. The number of phenols is 1. The quantitative estimate of drug-likeness (QED) is 0.237. The summed E-state index contributed by atoms with van der Waals surface area (Å²) in [6, 6.07) is 1.51. The molecule has 1 aromatic rings. The lowest BCUT2D eigenvalue weighted by Gasteiger charge is -2.48. The molecule has 12 heteroatoms. The highest BCUT2D eigenvalue weighted by molar-refractivity contribution is 6.17. The molecule has 7 N–H and O–H groups in total. The summed E-state index contributed by atoms with van der Waals surface area (Å²) in [7, 11) is 3.45. The number of phenolic OH excluding ortho intramolecular Hbond substituents is 1. The summed E-state index contributed by atoms with van der Waals surface area (Å²) in [6.07, 6.45) is -2.24. The lowest BCUT2D eigenvalue weighted by Crippen LogP contribution is -2.63. The van der Waals surface area contributed by atoms with Gasteiger partial charge in [-0.3, -0.25) is 19.7 Å². The number of hydrogen-bond donors (Lipinski definition) is 6. The number of aliphatic hydroxyl groups is 3. The molecule has 0 heterocycles. The molecule has 2 unspecified atom stereocenters. The minimum absolute atomic E-state index is 0.0577. The number of carbonyl (C=O) groups excluding carboxylic acids is 4. The molecule has 2 amide bonds. The maximum absolute atomic E-state index is 13.9. The van der Waals surface area contributed by atoms with E-state index in [0.29, 0.717) is 11.3 Å². The first kappa shape index (κ1) is 28.4. The van der Waals surface area contributed by atoms with Crippen LogP contribution in [-0.4, -0.2) is 76.4 Å². The zero-order valence-corrected chi connectivity index (χ0v) is 22.6. The predicted molar refractivity (Wildman–Crippen MR) is 139 cm³/mol. The van der Waals surface area contributed by atoms with Gasteiger partial charge in [0.2, 0.25) is 5.91 Å². The van der Waals surface area contributed by atoms with Gasteiger partial charge in [0.05, 0.1) is 24.0 Å². The van der Waals surface area contributed by atoms with Crippen LogP contribution >= 0.6 is 0 Å². The Balaban J connectivity index is 1.81. The van der Waals surface area contributed by atoms with Crippen LogP contribution in [0.1, 0.15) is 49.5 Å². The molecule has 4 rings (SSSR count). The summed E-state index contributed by atoms with van der Waals surface area (Å²) < 4.78 is 5.22. The summed E-state index contributed by atoms with van der Waals surface area (Å²) in [6.45, 7) is 5.73. The molecule has 0 radical (unpaired) electrons. The van der Waals surface area contributed by atoms with Gasteiger partial charge in [0.1, 0.15) is 11.7 Å². The second-order valence-corrected chi connectivity index (χ2v) is 12.0. The van der Waals surface area contributed by atoms with Gasteiger partial charge in [-0.25, -0.2) is 4.79 Å².